The molecular weight excluding hydrogens is 260 g/mol. The summed E-state index contributed by atoms with van der Waals surface area (Å²) in [6, 6.07) is 11.3. The molecule has 3 rings (SSSR count). The molecule has 1 atom stereocenters. The van der Waals surface area contributed by atoms with E-state index in [9.17, 15) is 0 Å². The summed E-state index contributed by atoms with van der Waals surface area (Å²) in [5.41, 5.74) is 4.27. The Bertz CT molecular complexity index is 669. The minimum Gasteiger partial charge on any atom is -0.313 e. The van der Waals surface area contributed by atoms with Gasteiger partial charge in [-0.1, -0.05) is 6.07 Å². The summed E-state index contributed by atoms with van der Waals surface area (Å²) in [6.07, 6.45) is 0. The first kappa shape index (κ1) is 11.8. The third-order valence-corrected chi connectivity index (χ3v) is 5.21. The van der Waals surface area contributed by atoms with Gasteiger partial charge in [0.25, 0.3) is 0 Å². The lowest BCUT2D eigenvalue weighted by molar-refractivity contribution is 0.664. The van der Waals surface area contributed by atoms with Crippen molar-refractivity contribution in [1.82, 2.24) is 10.3 Å². The Labute approximate surface area is 114 Å². The van der Waals surface area contributed by atoms with Crippen molar-refractivity contribution in [3.8, 4) is 10.4 Å². The molecule has 2 heterocycles. The van der Waals surface area contributed by atoms with Crippen molar-refractivity contribution in [3.05, 3.63) is 40.7 Å². The van der Waals surface area contributed by atoms with Crippen LogP contribution < -0.4 is 5.32 Å². The highest BCUT2D eigenvalue weighted by Gasteiger charge is 2.08. The second-order valence-corrected chi connectivity index (χ2v) is 6.25. The van der Waals surface area contributed by atoms with E-state index in [2.05, 4.69) is 47.6 Å². The van der Waals surface area contributed by atoms with Gasteiger partial charge in [0, 0.05) is 15.8 Å². The Balaban J connectivity index is 2.00. The predicted octanol–water partition coefficient (Wildman–Crippen LogP) is 4.31. The Morgan fingerprint density at radius 1 is 1.22 bits per heavy atom. The number of benzene rings is 1. The van der Waals surface area contributed by atoms with E-state index in [4.69, 9.17) is 0 Å². The minimum atomic E-state index is 0.413. The largest absolute Gasteiger partial charge is 0.313 e. The van der Waals surface area contributed by atoms with Crippen LogP contribution in [-0.2, 0) is 0 Å². The molecule has 2 aromatic heterocycles. The molecule has 3 aromatic rings. The van der Waals surface area contributed by atoms with Gasteiger partial charge in [0.1, 0.15) is 0 Å². The zero-order valence-corrected chi connectivity index (χ0v) is 11.9. The lowest BCUT2D eigenvalue weighted by Gasteiger charge is -2.05. The number of fused-ring (bicyclic) bond motifs is 1. The summed E-state index contributed by atoms with van der Waals surface area (Å²) in [7, 11) is 1.99. The molecule has 0 aliphatic heterocycles. The zero-order chi connectivity index (χ0) is 12.5. The Morgan fingerprint density at radius 3 is 2.94 bits per heavy atom. The van der Waals surface area contributed by atoms with Crippen LogP contribution in [0.3, 0.4) is 0 Å². The molecule has 0 bridgehead atoms. The van der Waals surface area contributed by atoms with Gasteiger partial charge >= 0.3 is 0 Å². The van der Waals surface area contributed by atoms with Crippen molar-refractivity contribution in [2.24, 2.45) is 0 Å². The number of nitrogens with zero attached hydrogens (tertiary/aromatic N) is 1. The Morgan fingerprint density at radius 2 is 2.11 bits per heavy atom. The van der Waals surface area contributed by atoms with Gasteiger partial charge in [0.2, 0.25) is 0 Å². The van der Waals surface area contributed by atoms with Crippen molar-refractivity contribution >= 4 is 32.9 Å². The maximum atomic E-state index is 4.31. The molecule has 2 nitrogen and oxygen atoms in total. The highest BCUT2D eigenvalue weighted by atomic mass is 32.1. The number of aromatic nitrogens is 1. The lowest BCUT2D eigenvalue weighted by Crippen LogP contribution is -2.10. The van der Waals surface area contributed by atoms with Crippen LogP contribution in [0.25, 0.3) is 20.7 Å². The van der Waals surface area contributed by atoms with Gasteiger partial charge in [-0.25, -0.2) is 4.98 Å². The molecule has 4 heteroatoms. The summed E-state index contributed by atoms with van der Waals surface area (Å²) in [5, 5.41) is 3.27. The number of hydrogen-bond acceptors (Lipinski definition) is 4. The molecule has 0 aliphatic carbocycles. The molecule has 0 saturated carbocycles. The van der Waals surface area contributed by atoms with Crippen LogP contribution in [0.5, 0.6) is 0 Å². The summed E-state index contributed by atoms with van der Waals surface area (Å²) in [4.78, 5) is 7.01. The van der Waals surface area contributed by atoms with Crippen LogP contribution >= 0.6 is 22.7 Å². The van der Waals surface area contributed by atoms with E-state index in [-0.39, 0.29) is 0 Å². The number of hydrogen-bond donors (Lipinski definition) is 1. The predicted molar refractivity (Wildman–Crippen MR) is 80.4 cm³/mol. The van der Waals surface area contributed by atoms with E-state index in [1.54, 1.807) is 11.3 Å². The standard InChI is InChI=1S/C14H14N2S2/c1-9(15-2)12-5-6-13(18-12)10-3-4-11-14(7-10)17-8-16-11/h3-9,15H,1-2H3. The second-order valence-electron chi connectivity index (χ2n) is 4.25. The molecular formula is C14H14N2S2. The van der Waals surface area contributed by atoms with Crippen molar-refractivity contribution in [3.63, 3.8) is 0 Å². The maximum Gasteiger partial charge on any atom is 0.0812 e. The van der Waals surface area contributed by atoms with Crippen molar-refractivity contribution in [2.75, 3.05) is 7.05 Å². The molecule has 92 valence electrons. The lowest BCUT2D eigenvalue weighted by atomic mass is 10.2. The fraction of sp³-hybridized carbons (Fsp3) is 0.214. The monoisotopic (exact) mass is 274 g/mol. The Kier molecular flexibility index (Phi) is 3.16. The SMILES string of the molecule is CNC(C)c1ccc(-c2ccc3ncsc3c2)s1. The van der Waals surface area contributed by atoms with Gasteiger partial charge in [-0.2, -0.15) is 0 Å². The Hall–Kier alpha value is -1.23. The van der Waals surface area contributed by atoms with Gasteiger partial charge in [-0.3, -0.25) is 0 Å². The summed E-state index contributed by atoms with van der Waals surface area (Å²) in [6.45, 7) is 2.18. The van der Waals surface area contributed by atoms with E-state index >= 15 is 0 Å². The van der Waals surface area contributed by atoms with Gasteiger partial charge in [-0.15, -0.1) is 22.7 Å². The fourth-order valence-electron chi connectivity index (χ4n) is 1.89. The average Bonchev–Trinajstić information content (AvgIpc) is 3.05. The van der Waals surface area contributed by atoms with Crippen LogP contribution in [0.4, 0.5) is 0 Å². The highest BCUT2D eigenvalue weighted by Crippen LogP contribution is 2.33. The van der Waals surface area contributed by atoms with E-state index in [0.717, 1.165) is 5.52 Å². The number of thiophene rings is 1. The van der Waals surface area contributed by atoms with Crippen molar-refractivity contribution in [2.45, 2.75) is 13.0 Å². The fourth-order valence-corrected chi connectivity index (χ4v) is 3.67. The molecule has 0 amide bonds. The number of rotatable bonds is 3. The maximum absolute atomic E-state index is 4.31. The number of nitrogens with one attached hydrogen (secondary N) is 1. The number of thiazole rings is 1. The van der Waals surface area contributed by atoms with E-state index in [1.165, 1.54) is 20.0 Å². The summed E-state index contributed by atoms with van der Waals surface area (Å²) < 4.78 is 1.25. The van der Waals surface area contributed by atoms with Crippen molar-refractivity contribution in [1.29, 1.82) is 0 Å². The molecule has 0 aliphatic rings. The molecule has 1 unspecified atom stereocenters. The molecule has 0 radical (unpaired) electrons. The van der Waals surface area contributed by atoms with Gasteiger partial charge < -0.3 is 5.32 Å². The van der Waals surface area contributed by atoms with Gasteiger partial charge in [-0.05, 0) is 43.8 Å². The quantitative estimate of drug-likeness (QED) is 0.770. The second kappa shape index (κ2) is 4.80. The van der Waals surface area contributed by atoms with E-state index in [1.807, 2.05) is 23.9 Å². The first-order chi connectivity index (χ1) is 8.78. The molecule has 1 aromatic carbocycles. The van der Waals surface area contributed by atoms with E-state index < -0.39 is 0 Å². The highest BCUT2D eigenvalue weighted by molar-refractivity contribution is 7.17. The normalized spacial score (nSPS) is 13.0. The molecule has 0 fully saturated rings. The van der Waals surface area contributed by atoms with Crippen LogP contribution in [0.1, 0.15) is 17.8 Å². The molecule has 0 saturated heterocycles. The third kappa shape index (κ3) is 2.07. The topological polar surface area (TPSA) is 24.9 Å². The minimum absolute atomic E-state index is 0.413. The zero-order valence-electron chi connectivity index (χ0n) is 10.3. The van der Waals surface area contributed by atoms with Gasteiger partial charge in [0.15, 0.2) is 0 Å². The van der Waals surface area contributed by atoms with Crippen molar-refractivity contribution < 1.29 is 0 Å². The first-order valence-corrected chi connectivity index (χ1v) is 7.58. The average molecular weight is 274 g/mol. The van der Waals surface area contributed by atoms with Crippen LogP contribution in [0.15, 0.2) is 35.8 Å². The van der Waals surface area contributed by atoms with Crippen LogP contribution in [-0.4, -0.2) is 12.0 Å². The molecule has 0 spiro atoms. The van der Waals surface area contributed by atoms with Crippen LogP contribution in [0.2, 0.25) is 0 Å². The molecule has 1 N–H and O–H groups in total. The summed E-state index contributed by atoms with van der Waals surface area (Å²) in [5.74, 6) is 0. The molecule has 18 heavy (non-hydrogen) atoms. The van der Waals surface area contributed by atoms with E-state index in [0.29, 0.717) is 6.04 Å². The smallest absolute Gasteiger partial charge is 0.0812 e. The van der Waals surface area contributed by atoms with Gasteiger partial charge in [0.05, 0.1) is 15.7 Å². The third-order valence-electron chi connectivity index (χ3n) is 3.10. The van der Waals surface area contributed by atoms with Crippen LogP contribution in [0, 0.1) is 0 Å². The summed E-state index contributed by atoms with van der Waals surface area (Å²) >= 11 is 3.55. The first-order valence-electron chi connectivity index (χ1n) is 5.88.